The number of nitrogens with two attached hydrogens (primary N) is 1. The molecule has 0 radical (unpaired) electrons. The summed E-state index contributed by atoms with van der Waals surface area (Å²) in [5.74, 6) is 0.0270. The van der Waals surface area contributed by atoms with Gasteiger partial charge in [0.15, 0.2) is 0 Å². The van der Waals surface area contributed by atoms with Crippen LogP contribution < -0.4 is 5.73 Å². The molecule has 2 N–H and O–H groups in total. The SMILES string of the molecule is NC1CCN(C(=O)c2cnn3ccccc23)C1. The van der Waals surface area contributed by atoms with Gasteiger partial charge in [-0.05, 0) is 18.6 Å². The lowest BCUT2D eigenvalue weighted by atomic mass is 10.2. The first-order valence-corrected chi connectivity index (χ1v) is 5.73. The van der Waals surface area contributed by atoms with Crippen LogP contribution in [0.25, 0.3) is 5.52 Å². The van der Waals surface area contributed by atoms with Gasteiger partial charge < -0.3 is 10.6 Å². The average Bonchev–Trinajstić information content (AvgIpc) is 2.94. The van der Waals surface area contributed by atoms with Crippen molar-refractivity contribution in [1.82, 2.24) is 14.5 Å². The van der Waals surface area contributed by atoms with Crippen LogP contribution >= 0.6 is 0 Å². The van der Waals surface area contributed by atoms with Crippen molar-refractivity contribution in [3.63, 3.8) is 0 Å². The first kappa shape index (κ1) is 10.3. The van der Waals surface area contributed by atoms with Gasteiger partial charge in [0.1, 0.15) is 0 Å². The van der Waals surface area contributed by atoms with Crippen molar-refractivity contribution in [2.45, 2.75) is 12.5 Å². The van der Waals surface area contributed by atoms with Gasteiger partial charge in [-0.25, -0.2) is 4.52 Å². The maximum absolute atomic E-state index is 12.3. The predicted molar refractivity (Wildman–Crippen MR) is 63.7 cm³/mol. The number of likely N-dealkylation sites (tertiary alicyclic amines) is 1. The lowest BCUT2D eigenvalue weighted by Crippen LogP contribution is -2.31. The Balaban J connectivity index is 1.96. The van der Waals surface area contributed by atoms with E-state index in [1.54, 1.807) is 15.6 Å². The number of carbonyl (C=O) groups is 1. The molecule has 1 aliphatic rings. The number of hydrogen-bond donors (Lipinski definition) is 1. The van der Waals surface area contributed by atoms with Gasteiger partial charge in [0.05, 0.1) is 17.3 Å². The lowest BCUT2D eigenvalue weighted by Gasteiger charge is -2.14. The molecule has 2 aromatic heterocycles. The fraction of sp³-hybridized carbons (Fsp3) is 0.333. The van der Waals surface area contributed by atoms with Crippen LogP contribution in [0.2, 0.25) is 0 Å². The molecule has 17 heavy (non-hydrogen) atoms. The number of hydrogen-bond acceptors (Lipinski definition) is 3. The Kier molecular flexibility index (Phi) is 2.33. The number of fused-ring (bicyclic) bond motifs is 1. The molecule has 1 atom stereocenters. The van der Waals surface area contributed by atoms with Crippen LogP contribution in [0, 0.1) is 0 Å². The predicted octanol–water partition coefficient (Wildman–Crippen LogP) is 0.507. The van der Waals surface area contributed by atoms with Crippen molar-refractivity contribution < 1.29 is 4.79 Å². The molecule has 3 rings (SSSR count). The molecule has 1 unspecified atom stereocenters. The Bertz CT molecular complexity index is 562. The molecule has 0 aromatic carbocycles. The highest BCUT2D eigenvalue weighted by molar-refractivity contribution is 6.00. The van der Waals surface area contributed by atoms with Crippen molar-refractivity contribution in [2.24, 2.45) is 5.73 Å². The Morgan fingerprint density at radius 3 is 3.12 bits per heavy atom. The molecular formula is C12H14N4O. The molecule has 1 aliphatic heterocycles. The van der Waals surface area contributed by atoms with E-state index in [1.165, 1.54) is 0 Å². The Hall–Kier alpha value is -1.88. The monoisotopic (exact) mass is 230 g/mol. The molecule has 1 saturated heterocycles. The minimum atomic E-state index is 0.0270. The highest BCUT2D eigenvalue weighted by atomic mass is 16.2. The van der Waals surface area contributed by atoms with Gasteiger partial charge in [-0.1, -0.05) is 6.07 Å². The fourth-order valence-corrected chi connectivity index (χ4v) is 2.24. The van der Waals surface area contributed by atoms with E-state index in [0.29, 0.717) is 12.1 Å². The van der Waals surface area contributed by atoms with Gasteiger partial charge in [0.25, 0.3) is 5.91 Å². The second kappa shape index (κ2) is 3.85. The van der Waals surface area contributed by atoms with E-state index in [1.807, 2.05) is 24.4 Å². The lowest BCUT2D eigenvalue weighted by molar-refractivity contribution is 0.0793. The third-order valence-electron chi connectivity index (χ3n) is 3.17. The summed E-state index contributed by atoms with van der Waals surface area (Å²) in [6, 6.07) is 5.81. The van der Waals surface area contributed by atoms with E-state index in [2.05, 4.69) is 5.10 Å². The first-order valence-electron chi connectivity index (χ1n) is 5.73. The summed E-state index contributed by atoms with van der Waals surface area (Å²) in [5, 5.41) is 4.17. The largest absolute Gasteiger partial charge is 0.337 e. The van der Waals surface area contributed by atoms with Crippen LogP contribution in [0.1, 0.15) is 16.8 Å². The number of nitrogens with zero attached hydrogens (tertiary/aromatic N) is 3. The minimum absolute atomic E-state index is 0.0270. The zero-order chi connectivity index (χ0) is 11.8. The standard InChI is InChI=1S/C12H14N4O/c13-9-4-6-15(8-9)12(17)10-7-14-16-5-2-1-3-11(10)16/h1-3,5,7,9H,4,6,8,13H2. The molecular weight excluding hydrogens is 216 g/mol. The van der Waals surface area contributed by atoms with Crippen LogP contribution in [0.5, 0.6) is 0 Å². The maximum atomic E-state index is 12.3. The summed E-state index contributed by atoms with van der Waals surface area (Å²) in [5.41, 5.74) is 7.31. The summed E-state index contributed by atoms with van der Waals surface area (Å²) in [6.07, 6.45) is 4.34. The zero-order valence-corrected chi connectivity index (χ0v) is 9.41. The Labute approximate surface area is 98.8 Å². The minimum Gasteiger partial charge on any atom is -0.337 e. The summed E-state index contributed by atoms with van der Waals surface area (Å²) in [4.78, 5) is 14.1. The highest BCUT2D eigenvalue weighted by Gasteiger charge is 2.26. The topological polar surface area (TPSA) is 63.6 Å². The fourth-order valence-electron chi connectivity index (χ4n) is 2.24. The second-order valence-corrected chi connectivity index (χ2v) is 4.39. The van der Waals surface area contributed by atoms with Gasteiger partial charge in [-0.15, -0.1) is 0 Å². The van der Waals surface area contributed by atoms with Crippen LogP contribution in [0.15, 0.2) is 30.6 Å². The molecule has 0 bridgehead atoms. The molecule has 0 aliphatic carbocycles. The van der Waals surface area contributed by atoms with E-state index < -0.39 is 0 Å². The van der Waals surface area contributed by atoms with E-state index in [0.717, 1.165) is 18.5 Å². The third-order valence-corrected chi connectivity index (χ3v) is 3.17. The van der Waals surface area contributed by atoms with E-state index in [-0.39, 0.29) is 11.9 Å². The quantitative estimate of drug-likeness (QED) is 0.776. The third kappa shape index (κ3) is 1.68. The van der Waals surface area contributed by atoms with Gasteiger partial charge in [0, 0.05) is 25.3 Å². The van der Waals surface area contributed by atoms with Crippen molar-refractivity contribution in [1.29, 1.82) is 0 Å². The smallest absolute Gasteiger partial charge is 0.257 e. The number of pyridine rings is 1. The first-order chi connectivity index (χ1) is 8.25. The molecule has 0 spiro atoms. The summed E-state index contributed by atoms with van der Waals surface area (Å²) in [7, 11) is 0. The van der Waals surface area contributed by atoms with Crippen LogP contribution in [-0.4, -0.2) is 39.6 Å². The van der Waals surface area contributed by atoms with E-state index in [9.17, 15) is 4.79 Å². The van der Waals surface area contributed by atoms with Crippen molar-refractivity contribution >= 4 is 11.4 Å². The van der Waals surface area contributed by atoms with Crippen LogP contribution in [0.3, 0.4) is 0 Å². The van der Waals surface area contributed by atoms with Gasteiger partial charge >= 0.3 is 0 Å². The number of aromatic nitrogens is 2. The Morgan fingerprint density at radius 2 is 2.35 bits per heavy atom. The molecule has 1 amide bonds. The van der Waals surface area contributed by atoms with Gasteiger partial charge in [-0.3, -0.25) is 4.79 Å². The normalized spacial score (nSPS) is 20.1. The number of rotatable bonds is 1. The molecule has 5 nitrogen and oxygen atoms in total. The van der Waals surface area contributed by atoms with Crippen molar-refractivity contribution in [3.8, 4) is 0 Å². The zero-order valence-electron chi connectivity index (χ0n) is 9.41. The molecule has 3 heterocycles. The van der Waals surface area contributed by atoms with E-state index >= 15 is 0 Å². The molecule has 5 heteroatoms. The summed E-state index contributed by atoms with van der Waals surface area (Å²) >= 11 is 0. The van der Waals surface area contributed by atoms with Crippen molar-refractivity contribution in [2.75, 3.05) is 13.1 Å². The van der Waals surface area contributed by atoms with Crippen molar-refractivity contribution in [3.05, 3.63) is 36.2 Å². The maximum Gasteiger partial charge on any atom is 0.257 e. The molecule has 88 valence electrons. The van der Waals surface area contributed by atoms with Crippen LogP contribution in [0.4, 0.5) is 0 Å². The highest BCUT2D eigenvalue weighted by Crippen LogP contribution is 2.16. The van der Waals surface area contributed by atoms with E-state index in [4.69, 9.17) is 5.73 Å². The number of amides is 1. The molecule has 0 saturated carbocycles. The van der Waals surface area contributed by atoms with Gasteiger partial charge in [0.2, 0.25) is 0 Å². The average molecular weight is 230 g/mol. The Morgan fingerprint density at radius 1 is 1.47 bits per heavy atom. The molecule has 2 aromatic rings. The van der Waals surface area contributed by atoms with Gasteiger partial charge in [-0.2, -0.15) is 5.10 Å². The summed E-state index contributed by atoms with van der Waals surface area (Å²) in [6.45, 7) is 1.38. The molecule has 1 fully saturated rings. The van der Waals surface area contributed by atoms with Crippen LogP contribution in [-0.2, 0) is 0 Å². The second-order valence-electron chi connectivity index (χ2n) is 4.39. The number of carbonyl (C=O) groups excluding carboxylic acids is 1. The summed E-state index contributed by atoms with van der Waals surface area (Å²) < 4.78 is 1.71.